The molecule has 2 fully saturated rings. The third-order valence-corrected chi connectivity index (χ3v) is 6.69. The molecular weight excluding hydrogens is 455 g/mol. The van der Waals surface area contributed by atoms with Crippen LogP contribution in [0.15, 0.2) is 78.9 Å². The Balaban J connectivity index is 1.30. The SMILES string of the molecule is O=C(Nc1ccc(Cl)cc1)N[C@@H](C(=O)N1CC2CC1CN2c1ccc(F)cc1)c1ccccc1. The number of likely N-dealkylation sites (tertiary alicyclic amines) is 1. The first-order valence-electron chi connectivity index (χ1n) is 11.2. The molecule has 0 radical (unpaired) electrons. The number of rotatable bonds is 5. The lowest BCUT2D eigenvalue weighted by Crippen LogP contribution is -2.52. The van der Waals surface area contributed by atoms with Crippen LogP contribution in [0.2, 0.25) is 5.02 Å². The van der Waals surface area contributed by atoms with E-state index in [0.29, 0.717) is 23.8 Å². The van der Waals surface area contributed by atoms with Gasteiger partial charge in [0.1, 0.15) is 11.9 Å². The van der Waals surface area contributed by atoms with Crippen LogP contribution >= 0.6 is 11.6 Å². The van der Waals surface area contributed by atoms with E-state index in [1.165, 1.54) is 12.1 Å². The van der Waals surface area contributed by atoms with E-state index in [4.69, 9.17) is 11.6 Å². The van der Waals surface area contributed by atoms with E-state index in [0.717, 1.165) is 17.7 Å². The minimum absolute atomic E-state index is 0.0369. The third kappa shape index (κ3) is 4.56. The van der Waals surface area contributed by atoms with Crippen molar-refractivity contribution in [3.8, 4) is 0 Å². The molecule has 8 heteroatoms. The number of halogens is 2. The normalized spacial score (nSPS) is 19.7. The van der Waals surface area contributed by atoms with Crippen molar-refractivity contribution in [3.63, 3.8) is 0 Å². The van der Waals surface area contributed by atoms with Crippen LogP contribution in [-0.2, 0) is 4.79 Å². The van der Waals surface area contributed by atoms with Crippen molar-refractivity contribution >= 4 is 34.9 Å². The molecule has 2 heterocycles. The minimum atomic E-state index is -0.813. The van der Waals surface area contributed by atoms with Gasteiger partial charge in [0.2, 0.25) is 5.91 Å². The monoisotopic (exact) mass is 478 g/mol. The number of hydrogen-bond donors (Lipinski definition) is 2. The summed E-state index contributed by atoms with van der Waals surface area (Å²) < 4.78 is 13.3. The highest BCUT2D eigenvalue weighted by Gasteiger charge is 2.47. The summed E-state index contributed by atoms with van der Waals surface area (Å²) in [4.78, 5) is 30.5. The first kappa shape index (κ1) is 22.2. The molecule has 0 spiro atoms. The van der Waals surface area contributed by atoms with Gasteiger partial charge in [-0.2, -0.15) is 0 Å². The molecule has 2 aliphatic heterocycles. The lowest BCUT2D eigenvalue weighted by atomic mass is 10.0. The van der Waals surface area contributed by atoms with E-state index < -0.39 is 12.1 Å². The Morgan fingerprint density at radius 1 is 0.912 bits per heavy atom. The number of benzene rings is 3. The van der Waals surface area contributed by atoms with Crippen LogP contribution in [0.25, 0.3) is 0 Å². The Morgan fingerprint density at radius 2 is 1.62 bits per heavy atom. The Hall–Kier alpha value is -3.58. The van der Waals surface area contributed by atoms with Crippen LogP contribution in [0.4, 0.5) is 20.6 Å². The quantitative estimate of drug-likeness (QED) is 0.552. The molecule has 2 N–H and O–H groups in total. The first-order valence-corrected chi connectivity index (χ1v) is 11.6. The number of anilines is 2. The average Bonchev–Trinajstić information content (AvgIpc) is 3.46. The second kappa shape index (κ2) is 9.35. The second-order valence-corrected chi connectivity index (χ2v) is 9.05. The molecule has 6 nitrogen and oxygen atoms in total. The van der Waals surface area contributed by atoms with Crippen LogP contribution in [-0.4, -0.2) is 42.0 Å². The number of carbonyl (C=O) groups is 2. The number of urea groups is 1. The zero-order valence-electron chi connectivity index (χ0n) is 18.3. The van der Waals surface area contributed by atoms with Crippen molar-refractivity contribution in [2.75, 3.05) is 23.3 Å². The maximum atomic E-state index is 13.7. The second-order valence-electron chi connectivity index (χ2n) is 8.61. The lowest BCUT2D eigenvalue weighted by molar-refractivity contribution is -0.134. The maximum absolute atomic E-state index is 13.7. The summed E-state index contributed by atoms with van der Waals surface area (Å²) in [6, 6.07) is 21.4. The molecular formula is C26H24ClFN4O2. The molecule has 2 unspecified atom stereocenters. The van der Waals surface area contributed by atoms with E-state index in [1.807, 2.05) is 35.2 Å². The summed E-state index contributed by atoms with van der Waals surface area (Å²) in [5, 5.41) is 6.19. The lowest BCUT2D eigenvalue weighted by Gasteiger charge is -2.37. The van der Waals surface area contributed by atoms with Gasteiger partial charge in [0.05, 0.1) is 6.04 Å². The molecule has 174 valence electrons. The molecule has 0 aromatic heterocycles. The number of nitrogens with zero attached hydrogens (tertiary/aromatic N) is 2. The molecule has 3 atom stereocenters. The molecule has 34 heavy (non-hydrogen) atoms. The fraction of sp³-hybridized carbons (Fsp3) is 0.231. The molecule has 0 aliphatic carbocycles. The highest BCUT2D eigenvalue weighted by Crippen LogP contribution is 2.36. The van der Waals surface area contributed by atoms with Gasteiger partial charge in [-0.25, -0.2) is 9.18 Å². The topological polar surface area (TPSA) is 64.7 Å². The van der Waals surface area contributed by atoms with E-state index >= 15 is 0 Å². The van der Waals surface area contributed by atoms with Crippen LogP contribution in [0.1, 0.15) is 18.0 Å². The average molecular weight is 479 g/mol. The van der Waals surface area contributed by atoms with E-state index in [9.17, 15) is 14.0 Å². The molecule has 3 amide bonds. The van der Waals surface area contributed by atoms with E-state index in [-0.39, 0.29) is 23.8 Å². The van der Waals surface area contributed by atoms with Crippen LogP contribution in [0, 0.1) is 5.82 Å². The highest BCUT2D eigenvalue weighted by molar-refractivity contribution is 6.30. The standard InChI is InChI=1S/C26H24ClFN4O2/c27-18-6-10-20(11-7-18)29-26(34)30-24(17-4-2-1-3-5-17)25(33)32-16-22-14-23(32)15-31(22)21-12-8-19(28)9-13-21/h1-13,22-24H,14-16H2,(H2,29,30,34)/t22?,23?,24-/m1/s1. The largest absolute Gasteiger partial charge is 0.365 e. The fourth-order valence-electron chi connectivity index (χ4n) is 4.82. The number of amides is 3. The molecule has 2 saturated heterocycles. The smallest absolute Gasteiger partial charge is 0.320 e. The molecule has 3 aromatic rings. The Morgan fingerprint density at radius 3 is 2.26 bits per heavy atom. The first-order chi connectivity index (χ1) is 16.5. The van der Waals surface area contributed by atoms with Crippen molar-refractivity contribution in [1.29, 1.82) is 0 Å². The van der Waals surface area contributed by atoms with Gasteiger partial charge in [-0.1, -0.05) is 41.9 Å². The zero-order chi connectivity index (χ0) is 23.7. The van der Waals surface area contributed by atoms with Gasteiger partial charge in [0, 0.05) is 35.5 Å². The summed E-state index contributed by atoms with van der Waals surface area (Å²) in [7, 11) is 0. The Bertz CT molecular complexity index is 1170. The fourth-order valence-corrected chi connectivity index (χ4v) is 4.94. The molecule has 2 bridgehead atoms. The van der Waals surface area contributed by atoms with Crippen LogP contribution in [0.5, 0.6) is 0 Å². The van der Waals surface area contributed by atoms with Crippen molar-refractivity contribution in [3.05, 3.63) is 95.3 Å². The van der Waals surface area contributed by atoms with Gasteiger partial charge in [0.25, 0.3) is 0 Å². The zero-order valence-corrected chi connectivity index (χ0v) is 19.1. The van der Waals surface area contributed by atoms with Gasteiger partial charge in [0.15, 0.2) is 0 Å². The molecule has 2 aliphatic rings. The van der Waals surface area contributed by atoms with Crippen molar-refractivity contribution in [2.24, 2.45) is 0 Å². The number of piperazine rings is 1. The summed E-state index contributed by atoms with van der Waals surface area (Å²) in [6.45, 7) is 1.24. The van der Waals surface area contributed by atoms with Crippen molar-refractivity contribution in [1.82, 2.24) is 10.2 Å². The van der Waals surface area contributed by atoms with Gasteiger partial charge < -0.3 is 20.4 Å². The molecule has 3 aromatic carbocycles. The Kier molecular flexibility index (Phi) is 6.11. The van der Waals surface area contributed by atoms with Gasteiger partial charge >= 0.3 is 6.03 Å². The van der Waals surface area contributed by atoms with E-state index in [1.54, 1.807) is 36.4 Å². The minimum Gasteiger partial charge on any atom is -0.365 e. The molecule has 0 saturated carbocycles. The number of carbonyl (C=O) groups excluding carboxylic acids is 2. The summed E-state index contributed by atoms with van der Waals surface area (Å²) in [6.07, 6.45) is 0.849. The van der Waals surface area contributed by atoms with Gasteiger partial charge in [-0.15, -0.1) is 0 Å². The number of nitrogens with one attached hydrogen (secondary N) is 2. The maximum Gasteiger partial charge on any atom is 0.320 e. The van der Waals surface area contributed by atoms with Crippen molar-refractivity contribution < 1.29 is 14.0 Å². The van der Waals surface area contributed by atoms with Crippen LogP contribution in [0.3, 0.4) is 0 Å². The highest BCUT2D eigenvalue weighted by atomic mass is 35.5. The van der Waals surface area contributed by atoms with Gasteiger partial charge in [-0.05, 0) is 60.5 Å². The predicted molar refractivity (Wildman–Crippen MR) is 130 cm³/mol. The third-order valence-electron chi connectivity index (χ3n) is 6.44. The van der Waals surface area contributed by atoms with Crippen LogP contribution < -0.4 is 15.5 Å². The van der Waals surface area contributed by atoms with Crippen molar-refractivity contribution in [2.45, 2.75) is 24.5 Å². The summed E-state index contributed by atoms with van der Waals surface area (Å²) >= 11 is 5.92. The number of hydrogen-bond acceptors (Lipinski definition) is 3. The summed E-state index contributed by atoms with van der Waals surface area (Å²) in [5.41, 5.74) is 2.26. The number of fused-ring (bicyclic) bond motifs is 2. The van der Waals surface area contributed by atoms with Gasteiger partial charge in [-0.3, -0.25) is 4.79 Å². The molecule has 5 rings (SSSR count). The summed E-state index contributed by atoms with van der Waals surface area (Å²) in [5.74, 6) is -0.401. The Labute approximate surface area is 202 Å². The predicted octanol–water partition coefficient (Wildman–Crippen LogP) is 4.83. The van der Waals surface area contributed by atoms with E-state index in [2.05, 4.69) is 15.5 Å².